The van der Waals surface area contributed by atoms with Crippen LogP contribution in [0, 0.1) is 0 Å². The van der Waals surface area contributed by atoms with Crippen molar-refractivity contribution in [3.63, 3.8) is 0 Å². The van der Waals surface area contributed by atoms with Gasteiger partial charge in [-0.2, -0.15) is 0 Å². The second-order valence-corrected chi connectivity index (χ2v) is 11.0. The number of aromatic nitrogens is 2. The van der Waals surface area contributed by atoms with Crippen LogP contribution in [-0.2, 0) is 22.9 Å². The van der Waals surface area contributed by atoms with Gasteiger partial charge in [0.05, 0.1) is 17.8 Å². The average Bonchev–Trinajstić information content (AvgIpc) is 2.81. The molecule has 174 valence electrons. The van der Waals surface area contributed by atoms with Crippen LogP contribution in [0.1, 0.15) is 56.0 Å². The SMILES string of the molecule is CCS(=O)(=O)N[C@H]1CCc2ncn(C(C)C)c(=O)c2[C@H]1Cc1cccc(-c2ccccc2)c1. The summed E-state index contributed by atoms with van der Waals surface area (Å²) in [6, 6.07) is 18.0. The van der Waals surface area contributed by atoms with Crippen LogP contribution in [0.15, 0.2) is 65.7 Å². The molecule has 0 saturated carbocycles. The van der Waals surface area contributed by atoms with Gasteiger partial charge in [0, 0.05) is 23.6 Å². The first-order valence-corrected chi connectivity index (χ1v) is 13.2. The molecule has 0 radical (unpaired) electrons. The van der Waals surface area contributed by atoms with E-state index in [-0.39, 0.29) is 29.3 Å². The maximum atomic E-state index is 13.5. The molecule has 1 aliphatic rings. The van der Waals surface area contributed by atoms with E-state index in [0.29, 0.717) is 24.8 Å². The highest BCUT2D eigenvalue weighted by Gasteiger charge is 2.35. The van der Waals surface area contributed by atoms with Crippen LogP contribution in [0.3, 0.4) is 0 Å². The fraction of sp³-hybridized carbons (Fsp3) is 0.385. The zero-order valence-corrected chi connectivity index (χ0v) is 20.2. The molecule has 1 aliphatic carbocycles. The summed E-state index contributed by atoms with van der Waals surface area (Å²) in [5.41, 5.74) is 4.64. The van der Waals surface area contributed by atoms with E-state index in [1.54, 1.807) is 17.8 Å². The van der Waals surface area contributed by atoms with Gasteiger partial charge in [-0.25, -0.2) is 18.1 Å². The monoisotopic (exact) mass is 465 g/mol. The first-order valence-electron chi connectivity index (χ1n) is 11.5. The Balaban J connectivity index is 1.77. The molecule has 2 atom stereocenters. The van der Waals surface area contributed by atoms with Gasteiger partial charge in [-0.15, -0.1) is 0 Å². The van der Waals surface area contributed by atoms with Gasteiger partial charge in [0.15, 0.2) is 0 Å². The van der Waals surface area contributed by atoms with E-state index in [1.807, 2.05) is 44.2 Å². The summed E-state index contributed by atoms with van der Waals surface area (Å²) in [4.78, 5) is 18.1. The molecule has 0 saturated heterocycles. The summed E-state index contributed by atoms with van der Waals surface area (Å²) < 4.78 is 29.4. The van der Waals surface area contributed by atoms with Gasteiger partial charge in [0.25, 0.3) is 5.56 Å². The number of sulfonamides is 1. The topological polar surface area (TPSA) is 81.1 Å². The van der Waals surface area contributed by atoms with Crippen LogP contribution in [0.25, 0.3) is 11.1 Å². The van der Waals surface area contributed by atoms with Gasteiger partial charge >= 0.3 is 0 Å². The molecule has 3 aromatic rings. The molecule has 0 unspecified atom stereocenters. The third-order valence-electron chi connectivity index (χ3n) is 6.42. The second-order valence-electron chi connectivity index (χ2n) is 8.95. The summed E-state index contributed by atoms with van der Waals surface area (Å²) in [6.45, 7) is 5.53. The third kappa shape index (κ3) is 5.09. The Morgan fingerprint density at radius 1 is 1.09 bits per heavy atom. The first-order chi connectivity index (χ1) is 15.8. The fourth-order valence-electron chi connectivity index (χ4n) is 4.61. The average molecular weight is 466 g/mol. The molecule has 6 nitrogen and oxygen atoms in total. The van der Waals surface area contributed by atoms with E-state index in [0.717, 1.165) is 22.4 Å². The van der Waals surface area contributed by atoms with Crippen molar-refractivity contribution in [2.24, 2.45) is 0 Å². The highest BCUT2D eigenvalue weighted by Crippen LogP contribution is 2.33. The van der Waals surface area contributed by atoms with Crippen LogP contribution in [0.5, 0.6) is 0 Å². The lowest BCUT2D eigenvalue weighted by molar-refractivity contribution is 0.412. The number of nitrogens with one attached hydrogen (secondary N) is 1. The molecular formula is C26H31N3O3S. The molecule has 1 N–H and O–H groups in total. The maximum absolute atomic E-state index is 13.5. The van der Waals surface area contributed by atoms with E-state index < -0.39 is 10.0 Å². The molecule has 4 rings (SSSR count). The van der Waals surface area contributed by atoms with Gasteiger partial charge in [-0.3, -0.25) is 9.36 Å². The molecule has 33 heavy (non-hydrogen) atoms. The lowest BCUT2D eigenvalue weighted by Crippen LogP contribution is -2.46. The van der Waals surface area contributed by atoms with Crippen molar-refractivity contribution in [1.82, 2.24) is 14.3 Å². The predicted octanol–water partition coefficient (Wildman–Crippen LogP) is 4.07. The van der Waals surface area contributed by atoms with Crippen molar-refractivity contribution in [3.8, 4) is 11.1 Å². The number of hydrogen-bond donors (Lipinski definition) is 1. The smallest absolute Gasteiger partial charge is 0.257 e. The van der Waals surface area contributed by atoms with Crippen LogP contribution in [0.2, 0.25) is 0 Å². The Bertz CT molecular complexity index is 1280. The maximum Gasteiger partial charge on any atom is 0.257 e. The van der Waals surface area contributed by atoms with Crippen molar-refractivity contribution in [2.45, 2.75) is 58.0 Å². The third-order valence-corrected chi connectivity index (χ3v) is 7.84. The molecule has 0 spiro atoms. The number of hydrogen-bond acceptors (Lipinski definition) is 4. The first kappa shape index (κ1) is 23.4. The lowest BCUT2D eigenvalue weighted by atomic mass is 9.78. The van der Waals surface area contributed by atoms with Crippen molar-refractivity contribution in [2.75, 3.05) is 5.75 Å². The Kier molecular flexibility index (Phi) is 6.81. The van der Waals surface area contributed by atoms with Crippen LogP contribution < -0.4 is 10.3 Å². The highest BCUT2D eigenvalue weighted by molar-refractivity contribution is 7.89. The number of rotatable bonds is 7. The summed E-state index contributed by atoms with van der Waals surface area (Å²) in [5, 5.41) is 0. The molecular weight excluding hydrogens is 434 g/mol. The fourth-order valence-corrected chi connectivity index (χ4v) is 5.52. The Morgan fingerprint density at radius 3 is 2.52 bits per heavy atom. The lowest BCUT2D eigenvalue weighted by Gasteiger charge is -2.33. The zero-order valence-electron chi connectivity index (χ0n) is 19.4. The van der Waals surface area contributed by atoms with Gasteiger partial charge in [0.2, 0.25) is 10.0 Å². The molecule has 0 fully saturated rings. The van der Waals surface area contributed by atoms with E-state index >= 15 is 0 Å². The van der Waals surface area contributed by atoms with Crippen LogP contribution in [-0.4, -0.2) is 29.8 Å². The quantitative estimate of drug-likeness (QED) is 0.570. The van der Waals surface area contributed by atoms with Crippen molar-refractivity contribution >= 4 is 10.0 Å². The van der Waals surface area contributed by atoms with Gasteiger partial charge in [-0.1, -0.05) is 54.6 Å². The minimum atomic E-state index is -3.42. The molecule has 0 aliphatic heterocycles. The van der Waals surface area contributed by atoms with Crippen LogP contribution in [0.4, 0.5) is 0 Å². The molecule has 1 heterocycles. The summed E-state index contributed by atoms with van der Waals surface area (Å²) in [7, 11) is -3.42. The largest absolute Gasteiger partial charge is 0.296 e. The standard InChI is InChI=1S/C26H31N3O3S/c1-4-33(31,32)28-23-13-14-24-25(26(30)29(17-27-24)18(2)3)22(23)16-19-9-8-12-21(15-19)20-10-6-5-7-11-20/h5-12,15,17-18,22-23,28H,4,13-14,16H2,1-3H3/t22-,23-/m0/s1. The number of nitrogens with zero attached hydrogens (tertiary/aromatic N) is 2. The Hall–Kier alpha value is -2.77. The van der Waals surface area contributed by atoms with Crippen molar-refractivity contribution in [1.29, 1.82) is 0 Å². The van der Waals surface area contributed by atoms with E-state index in [1.165, 1.54) is 0 Å². The summed E-state index contributed by atoms with van der Waals surface area (Å²) in [5.74, 6) is -0.275. The van der Waals surface area contributed by atoms with Crippen molar-refractivity contribution < 1.29 is 8.42 Å². The molecule has 0 amide bonds. The van der Waals surface area contributed by atoms with Gasteiger partial charge in [-0.05, 0) is 56.7 Å². The summed E-state index contributed by atoms with van der Waals surface area (Å²) >= 11 is 0. The van der Waals surface area contributed by atoms with Crippen LogP contribution >= 0.6 is 0 Å². The second kappa shape index (κ2) is 9.61. The molecule has 1 aromatic heterocycles. The van der Waals surface area contributed by atoms with Crippen molar-refractivity contribution in [3.05, 3.63) is 88.1 Å². The normalized spacial score (nSPS) is 18.3. The van der Waals surface area contributed by atoms with E-state index in [4.69, 9.17) is 0 Å². The number of fused-ring (bicyclic) bond motifs is 1. The minimum Gasteiger partial charge on any atom is -0.296 e. The van der Waals surface area contributed by atoms with E-state index in [9.17, 15) is 13.2 Å². The molecule has 7 heteroatoms. The van der Waals surface area contributed by atoms with Gasteiger partial charge in [0.1, 0.15) is 0 Å². The number of benzene rings is 2. The molecule has 2 aromatic carbocycles. The highest BCUT2D eigenvalue weighted by atomic mass is 32.2. The summed E-state index contributed by atoms with van der Waals surface area (Å²) in [6.07, 6.45) is 3.38. The van der Waals surface area contributed by atoms with E-state index in [2.05, 4.69) is 34.0 Å². The zero-order chi connectivity index (χ0) is 23.6. The predicted molar refractivity (Wildman–Crippen MR) is 132 cm³/mol. The molecule has 0 bridgehead atoms. The Morgan fingerprint density at radius 2 is 1.82 bits per heavy atom. The minimum absolute atomic E-state index is 0.00976. The Labute approximate surface area is 195 Å². The number of aryl methyl sites for hydroxylation is 1. The van der Waals surface area contributed by atoms with Gasteiger partial charge < -0.3 is 0 Å².